The smallest absolute Gasteiger partial charge is 0.248 e. The van der Waals surface area contributed by atoms with Gasteiger partial charge in [0.25, 0.3) is 0 Å². The topological polar surface area (TPSA) is 52.3 Å². The van der Waals surface area contributed by atoms with Crippen LogP contribution >= 0.6 is 0 Å². The van der Waals surface area contributed by atoms with E-state index in [1.54, 1.807) is 12.1 Å². The Morgan fingerprint density at radius 3 is 2.50 bits per heavy atom. The SMILES string of the molecule is CCCOCc1ccc(C(N)=O)cc1. The number of carbonyl (C=O) groups excluding carboxylic acids is 1. The molecule has 0 aliphatic rings. The van der Waals surface area contributed by atoms with Gasteiger partial charge in [-0.25, -0.2) is 0 Å². The molecule has 0 aromatic heterocycles. The minimum atomic E-state index is -0.397. The lowest BCUT2D eigenvalue weighted by Crippen LogP contribution is -2.10. The first-order chi connectivity index (χ1) is 6.74. The lowest BCUT2D eigenvalue weighted by atomic mass is 10.1. The summed E-state index contributed by atoms with van der Waals surface area (Å²) in [6.45, 7) is 3.42. The van der Waals surface area contributed by atoms with Crippen molar-refractivity contribution in [2.75, 3.05) is 6.61 Å². The number of benzene rings is 1. The summed E-state index contributed by atoms with van der Waals surface area (Å²) in [5.74, 6) is -0.397. The highest BCUT2D eigenvalue weighted by atomic mass is 16.5. The zero-order valence-electron chi connectivity index (χ0n) is 8.32. The molecule has 0 fully saturated rings. The average molecular weight is 193 g/mol. The normalized spacial score (nSPS) is 10.1. The summed E-state index contributed by atoms with van der Waals surface area (Å²) in [7, 11) is 0. The van der Waals surface area contributed by atoms with Crippen molar-refractivity contribution in [3.05, 3.63) is 35.4 Å². The maximum absolute atomic E-state index is 10.8. The molecule has 3 heteroatoms. The average Bonchev–Trinajstić information content (AvgIpc) is 2.19. The van der Waals surface area contributed by atoms with Gasteiger partial charge in [0, 0.05) is 12.2 Å². The standard InChI is InChI=1S/C11H15NO2/c1-2-7-14-8-9-3-5-10(6-4-9)11(12)13/h3-6H,2,7-8H2,1H3,(H2,12,13). The molecule has 0 heterocycles. The maximum Gasteiger partial charge on any atom is 0.248 e. The first-order valence-corrected chi connectivity index (χ1v) is 4.70. The summed E-state index contributed by atoms with van der Waals surface area (Å²) in [4.78, 5) is 10.8. The van der Waals surface area contributed by atoms with Crippen molar-refractivity contribution in [2.24, 2.45) is 5.73 Å². The number of carbonyl (C=O) groups is 1. The quantitative estimate of drug-likeness (QED) is 0.724. The summed E-state index contributed by atoms with van der Waals surface area (Å²) < 4.78 is 5.35. The van der Waals surface area contributed by atoms with Crippen molar-refractivity contribution in [3.63, 3.8) is 0 Å². The zero-order chi connectivity index (χ0) is 10.4. The minimum absolute atomic E-state index is 0.397. The second-order valence-corrected chi connectivity index (χ2v) is 3.11. The van der Waals surface area contributed by atoms with Crippen LogP contribution in [0.5, 0.6) is 0 Å². The van der Waals surface area contributed by atoms with Crippen molar-refractivity contribution in [1.82, 2.24) is 0 Å². The van der Waals surface area contributed by atoms with E-state index in [2.05, 4.69) is 6.92 Å². The Labute approximate surface area is 83.9 Å². The number of ether oxygens (including phenoxy) is 1. The molecule has 0 saturated carbocycles. The fourth-order valence-corrected chi connectivity index (χ4v) is 1.10. The molecule has 0 spiro atoms. The van der Waals surface area contributed by atoms with E-state index in [0.29, 0.717) is 12.2 Å². The van der Waals surface area contributed by atoms with Gasteiger partial charge in [-0.05, 0) is 24.1 Å². The van der Waals surface area contributed by atoms with E-state index < -0.39 is 5.91 Å². The van der Waals surface area contributed by atoms with Gasteiger partial charge in [0.15, 0.2) is 0 Å². The van der Waals surface area contributed by atoms with Gasteiger partial charge in [-0.1, -0.05) is 19.1 Å². The van der Waals surface area contributed by atoms with Gasteiger partial charge in [0.1, 0.15) is 0 Å². The van der Waals surface area contributed by atoms with Crippen molar-refractivity contribution in [1.29, 1.82) is 0 Å². The highest BCUT2D eigenvalue weighted by Gasteiger charge is 1.99. The van der Waals surface area contributed by atoms with Gasteiger partial charge in [-0.2, -0.15) is 0 Å². The molecule has 14 heavy (non-hydrogen) atoms. The van der Waals surface area contributed by atoms with Crippen molar-refractivity contribution < 1.29 is 9.53 Å². The Balaban J connectivity index is 2.51. The number of amides is 1. The van der Waals surface area contributed by atoms with Crippen LogP contribution < -0.4 is 5.73 Å². The molecule has 3 nitrogen and oxygen atoms in total. The molecular weight excluding hydrogens is 178 g/mol. The van der Waals surface area contributed by atoms with Crippen LogP contribution in [-0.4, -0.2) is 12.5 Å². The van der Waals surface area contributed by atoms with E-state index in [1.165, 1.54) is 0 Å². The van der Waals surface area contributed by atoms with E-state index in [1.807, 2.05) is 12.1 Å². The second-order valence-electron chi connectivity index (χ2n) is 3.11. The molecule has 0 saturated heterocycles. The Kier molecular flexibility index (Phi) is 4.13. The van der Waals surface area contributed by atoms with E-state index in [-0.39, 0.29) is 0 Å². The molecule has 0 aliphatic heterocycles. The highest BCUT2D eigenvalue weighted by molar-refractivity contribution is 5.92. The molecule has 76 valence electrons. The number of rotatable bonds is 5. The predicted molar refractivity (Wildman–Crippen MR) is 54.9 cm³/mol. The first-order valence-electron chi connectivity index (χ1n) is 4.70. The molecular formula is C11H15NO2. The van der Waals surface area contributed by atoms with E-state index in [0.717, 1.165) is 18.6 Å². The van der Waals surface area contributed by atoms with Gasteiger partial charge in [-0.3, -0.25) is 4.79 Å². The molecule has 0 bridgehead atoms. The predicted octanol–water partition coefficient (Wildman–Crippen LogP) is 1.71. The van der Waals surface area contributed by atoms with Crippen LogP contribution in [0.2, 0.25) is 0 Å². The molecule has 1 aromatic carbocycles. The van der Waals surface area contributed by atoms with E-state index in [4.69, 9.17) is 10.5 Å². The summed E-state index contributed by atoms with van der Waals surface area (Å²) >= 11 is 0. The van der Waals surface area contributed by atoms with Crippen LogP contribution in [0.1, 0.15) is 29.3 Å². The summed E-state index contributed by atoms with van der Waals surface area (Å²) in [5, 5.41) is 0. The van der Waals surface area contributed by atoms with Gasteiger partial charge in [0.2, 0.25) is 5.91 Å². The third kappa shape index (κ3) is 3.18. The number of primary amides is 1. The Hall–Kier alpha value is -1.35. The molecule has 1 aromatic rings. The van der Waals surface area contributed by atoms with Gasteiger partial charge in [-0.15, -0.1) is 0 Å². The highest BCUT2D eigenvalue weighted by Crippen LogP contribution is 2.05. The van der Waals surface area contributed by atoms with Crippen molar-refractivity contribution in [2.45, 2.75) is 20.0 Å². The first kappa shape index (κ1) is 10.7. The molecule has 0 unspecified atom stereocenters. The summed E-state index contributed by atoms with van der Waals surface area (Å²) in [5.41, 5.74) is 6.71. The number of hydrogen-bond donors (Lipinski definition) is 1. The third-order valence-corrected chi connectivity index (χ3v) is 1.86. The number of nitrogens with two attached hydrogens (primary N) is 1. The fraction of sp³-hybridized carbons (Fsp3) is 0.364. The summed E-state index contributed by atoms with van der Waals surface area (Å²) in [6, 6.07) is 7.14. The van der Waals surface area contributed by atoms with Crippen LogP contribution in [0.3, 0.4) is 0 Å². The Morgan fingerprint density at radius 1 is 1.36 bits per heavy atom. The van der Waals surface area contributed by atoms with E-state index >= 15 is 0 Å². The van der Waals surface area contributed by atoms with Crippen molar-refractivity contribution in [3.8, 4) is 0 Å². The largest absolute Gasteiger partial charge is 0.377 e. The maximum atomic E-state index is 10.8. The zero-order valence-corrected chi connectivity index (χ0v) is 8.32. The van der Waals surface area contributed by atoms with Gasteiger partial charge < -0.3 is 10.5 Å². The van der Waals surface area contributed by atoms with Gasteiger partial charge >= 0.3 is 0 Å². The van der Waals surface area contributed by atoms with E-state index in [9.17, 15) is 4.79 Å². The lowest BCUT2D eigenvalue weighted by molar-refractivity contribution is 0.1000. The van der Waals surface area contributed by atoms with Crippen LogP contribution in [0.15, 0.2) is 24.3 Å². The van der Waals surface area contributed by atoms with Crippen LogP contribution in [0.25, 0.3) is 0 Å². The summed E-state index contributed by atoms with van der Waals surface area (Å²) in [6.07, 6.45) is 1.01. The van der Waals surface area contributed by atoms with Crippen LogP contribution in [0, 0.1) is 0 Å². The number of hydrogen-bond acceptors (Lipinski definition) is 2. The molecule has 2 N–H and O–H groups in total. The third-order valence-electron chi connectivity index (χ3n) is 1.86. The monoisotopic (exact) mass is 193 g/mol. The Morgan fingerprint density at radius 2 is 2.00 bits per heavy atom. The van der Waals surface area contributed by atoms with Crippen LogP contribution in [0.4, 0.5) is 0 Å². The second kappa shape index (κ2) is 5.40. The molecule has 0 radical (unpaired) electrons. The molecule has 1 amide bonds. The van der Waals surface area contributed by atoms with Gasteiger partial charge in [0.05, 0.1) is 6.61 Å². The Bertz CT molecular complexity index is 293. The molecule has 0 atom stereocenters. The lowest BCUT2D eigenvalue weighted by Gasteiger charge is -2.02. The van der Waals surface area contributed by atoms with Crippen LogP contribution in [-0.2, 0) is 11.3 Å². The fourth-order valence-electron chi connectivity index (χ4n) is 1.10. The molecule has 1 rings (SSSR count). The van der Waals surface area contributed by atoms with Crippen molar-refractivity contribution >= 4 is 5.91 Å². The minimum Gasteiger partial charge on any atom is -0.377 e. The molecule has 0 aliphatic carbocycles.